The normalized spacial score (nSPS) is 11.3. The van der Waals surface area contributed by atoms with Crippen molar-refractivity contribution in [3.8, 4) is 0 Å². The van der Waals surface area contributed by atoms with Crippen LogP contribution in [0.15, 0.2) is 66.7 Å². The first-order valence-electron chi connectivity index (χ1n) is 7.16. The summed E-state index contributed by atoms with van der Waals surface area (Å²) in [4.78, 5) is 12.1. The summed E-state index contributed by atoms with van der Waals surface area (Å²) in [5.41, 5.74) is 0.140. The van der Waals surface area contributed by atoms with E-state index >= 15 is 0 Å². The molecule has 3 nitrogen and oxygen atoms in total. The molecule has 0 saturated carbocycles. The van der Waals surface area contributed by atoms with E-state index in [2.05, 4.69) is 10.6 Å². The van der Waals surface area contributed by atoms with E-state index in [1.807, 2.05) is 36.4 Å². The van der Waals surface area contributed by atoms with Crippen LogP contribution in [0.5, 0.6) is 0 Å². The monoisotopic (exact) mass is 330 g/mol. The largest absolute Gasteiger partial charge is 0.416 e. The van der Waals surface area contributed by atoms with Gasteiger partial charge in [-0.15, -0.1) is 0 Å². The molecule has 0 bridgehead atoms. The van der Waals surface area contributed by atoms with Crippen molar-refractivity contribution in [2.45, 2.75) is 6.18 Å². The molecule has 3 rings (SSSR count). The van der Waals surface area contributed by atoms with Crippen molar-refractivity contribution in [3.05, 3.63) is 72.3 Å². The van der Waals surface area contributed by atoms with Gasteiger partial charge < -0.3 is 10.6 Å². The first-order valence-corrected chi connectivity index (χ1v) is 7.16. The second-order valence-electron chi connectivity index (χ2n) is 5.18. The van der Waals surface area contributed by atoms with Crippen LogP contribution in [-0.4, -0.2) is 6.03 Å². The van der Waals surface area contributed by atoms with E-state index in [1.165, 1.54) is 12.1 Å². The molecule has 0 saturated heterocycles. The van der Waals surface area contributed by atoms with Crippen molar-refractivity contribution < 1.29 is 18.0 Å². The number of fused-ring (bicyclic) bond motifs is 1. The number of anilines is 2. The highest BCUT2D eigenvalue weighted by Crippen LogP contribution is 2.30. The van der Waals surface area contributed by atoms with Crippen LogP contribution in [0.1, 0.15) is 5.56 Å². The topological polar surface area (TPSA) is 41.1 Å². The number of carbonyl (C=O) groups excluding carboxylic acids is 1. The van der Waals surface area contributed by atoms with Gasteiger partial charge in [-0.05, 0) is 35.7 Å². The second-order valence-corrected chi connectivity index (χ2v) is 5.18. The minimum atomic E-state index is -4.40. The molecule has 0 atom stereocenters. The number of benzene rings is 3. The fourth-order valence-corrected chi connectivity index (χ4v) is 2.36. The molecule has 0 aliphatic rings. The molecule has 0 radical (unpaired) electrons. The Morgan fingerprint density at radius 3 is 2.17 bits per heavy atom. The van der Waals surface area contributed by atoms with Gasteiger partial charge in [-0.1, -0.05) is 36.4 Å². The number of nitrogens with one attached hydrogen (secondary N) is 2. The maximum Gasteiger partial charge on any atom is 0.416 e. The van der Waals surface area contributed by atoms with Crippen LogP contribution in [0, 0.1) is 0 Å². The van der Waals surface area contributed by atoms with Crippen molar-refractivity contribution in [3.63, 3.8) is 0 Å². The van der Waals surface area contributed by atoms with Crippen LogP contribution < -0.4 is 10.6 Å². The van der Waals surface area contributed by atoms with Gasteiger partial charge in [-0.3, -0.25) is 0 Å². The minimum Gasteiger partial charge on any atom is -0.308 e. The number of hydrogen-bond donors (Lipinski definition) is 2. The van der Waals surface area contributed by atoms with Gasteiger partial charge in [0.25, 0.3) is 0 Å². The van der Waals surface area contributed by atoms with Crippen LogP contribution in [-0.2, 0) is 6.18 Å². The van der Waals surface area contributed by atoms with E-state index < -0.39 is 17.8 Å². The van der Waals surface area contributed by atoms with E-state index in [4.69, 9.17) is 0 Å². The molecule has 0 aromatic heterocycles. The fraction of sp³-hybridized carbons (Fsp3) is 0.0556. The Morgan fingerprint density at radius 1 is 0.792 bits per heavy atom. The maximum atomic E-state index is 12.5. The van der Waals surface area contributed by atoms with E-state index in [-0.39, 0.29) is 5.69 Å². The molecular formula is C18H13F3N2O. The first kappa shape index (κ1) is 15.9. The zero-order valence-corrected chi connectivity index (χ0v) is 12.4. The van der Waals surface area contributed by atoms with Crippen molar-refractivity contribution >= 4 is 28.2 Å². The van der Waals surface area contributed by atoms with Gasteiger partial charge in [-0.25, -0.2) is 4.79 Å². The zero-order chi connectivity index (χ0) is 17.2. The van der Waals surface area contributed by atoms with Crippen molar-refractivity contribution in [1.82, 2.24) is 0 Å². The molecule has 24 heavy (non-hydrogen) atoms. The highest BCUT2D eigenvalue weighted by Gasteiger charge is 2.29. The van der Waals surface area contributed by atoms with Gasteiger partial charge in [0.2, 0.25) is 0 Å². The summed E-state index contributed by atoms with van der Waals surface area (Å²) in [6.45, 7) is 0. The first-order chi connectivity index (χ1) is 11.4. The maximum absolute atomic E-state index is 12.5. The summed E-state index contributed by atoms with van der Waals surface area (Å²) < 4.78 is 37.6. The van der Waals surface area contributed by atoms with Gasteiger partial charge >= 0.3 is 12.2 Å². The summed E-state index contributed by atoms with van der Waals surface area (Å²) in [5.74, 6) is 0. The quantitative estimate of drug-likeness (QED) is 0.640. The molecule has 0 unspecified atom stereocenters. The zero-order valence-electron chi connectivity index (χ0n) is 12.4. The highest BCUT2D eigenvalue weighted by atomic mass is 19.4. The molecule has 2 N–H and O–H groups in total. The van der Waals surface area contributed by atoms with Gasteiger partial charge in [0.1, 0.15) is 0 Å². The highest BCUT2D eigenvalue weighted by molar-refractivity contribution is 6.06. The molecule has 3 aromatic rings. The van der Waals surface area contributed by atoms with Gasteiger partial charge in [0.05, 0.1) is 11.3 Å². The van der Waals surface area contributed by atoms with Crippen molar-refractivity contribution in [2.75, 3.05) is 10.6 Å². The van der Waals surface area contributed by atoms with Crippen LogP contribution in [0.25, 0.3) is 10.8 Å². The van der Waals surface area contributed by atoms with E-state index in [0.717, 1.165) is 22.9 Å². The average Bonchev–Trinajstić information content (AvgIpc) is 2.55. The summed E-state index contributed by atoms with van der Waals surface area (Å²) in [6, 6.07) is 16.8. The molecular weight excluding hydrogens is 317 g/mol. The summed E-state index contributed by atoms with van der Waals surface area (Å²) >= 11 is 0. The number of carbonyl (C=O) groups is 1. The van der Waals surface area contributed by atoms with Crippen LogP contribution in [0.4, 0.5) is 29.3 Å². The van der Waals surface area contributed by atoms with Gasteiger partial charge in [0.15, 0.2) is 0 Å². The van der Waals surface area contributed by atoms with E-state index in [9.17, 15) is 18.0 Å². The molecule has 6 heteroatoms. The smallest absolute Gasteiger partial charge is 0.308 e. The van der Waals surface area contributed by atoms with E-state index in [0.29, 0.717) is 5.69 Å². The van der Waals surface area contributed by atoms with Gasteiger partial charge in [-0.2, -0.15) is 13.2 Å². The Hall–Kier alpha value is -3.02. The molecule has 3 aromatic carbocycles. The molecule has 0 spiro atoms. The number of hydrogen-bond acceptors (Lipinski definition) is 1. The third-order valence-electron chi connectivity index (χ3n) is 3.51. The van der Waals surface area contributed by atoms with Crippen LogP contribution in [0.2, 0.25) is 0 Å². The SMILES string of the molecule is O=C(Nc1ccc(C(F)(F)F)cc1)Nc1cccc2ccccc12. The van der Waals surface area contributed by atoms with Crippen molar-refractivity contribution in [1.29, 1.82) is 0 Å². The second kappa shape index (κ2) is 6.23. The summed E-state index contributed by atoms with van der Waals surface area (Å²) in [5, 5.41) is 7.08. The fourth-order valence-electron chi connectivity index (χ4n) is 2.36. The third-order valence-corrected chi connectivity index (χ3v) is 3.51. The Morgan fingerprint density at radius 2 is 1.46 bits per heavy atom. The Kier molecular flexibility index (Phi) is 4.12. The van der Waals surface area contributed by atoms with Crippen molar-refractivity contribution in [2.24, 2.45) is 0 Å². The number of alkyl halides is 3. The molecule has 0 aliphatic carbocycles. The predicted octanol–water partition coefficient (Wildman–Crippen LogP) is 5.50. The number of amides is 2. The number of urea groups is 1. The van der Waals surface area contributed by atoms with Gasteiger partial charge in [0, 0.05) is 11.1 Å². The Bertz CT molecular complexity index is 868. The van der Waals surface area contributed by atoms with Crippen LogP contribution >= 0.6 is 0 Å². The molecule has 2 amide bonds. The number of rotatable bonds is 2. The Balaban J connectivity index is 1.73. The molecule has 122 valence electrons. The average molecular weight is 330 g/mol. The summed E-state index contributed by atoms with van der Waals surface area (Å²) in [6.07, 6.45) is -4.40. The molecule has 0 aliphatic heterocycles. The lowest BCUT2D eigenvalue weighted by Gasteiger charge is -2.11. The lowest BCUT2D eigenvalue weighted by atomic mass is 10.1. The van der Waals surface area contributed by atoms with E-state index in [1.54, 1.807) is 6.07 Å². The number of halogens is 3. The van der Waals surface area contributed by atoms with Crippen LogP contribution in [0.3, 0.4) is 0 Å². The lowest BCUT2D eigenvalue weighted by Crippen LogP contribution is -2.19. The molecule has 0 fully saturated rings. The third kappa shape index (κ3) is 3.48. The minimum absolute atomic E-state index is 0.278. The Labute approximate surface area is 136 Å². The standard InChI is InChI=1S/C18H13F3N2O/c19-18(20,21)13-8-10-14(11-9-13)22-17(24)23-16-7-3-5-12-4-1-2-6-15(12)16/h1-11H,(H2,22,23,24). The molecule has 0 heterocycles. The predicted molar refractivity (Wildman–Crippen MR) is 88.0 cm³/mol. The summed E-state index contributed by atoms with van der Waals surface area (Å²) in [7, 11) is 0. The lowest BCUT2D eigenvalue weighted by molar-refractivity contribution is -0.137.